The van der Waals surface area contributed by atoms with Gasteiger partial charge >= 0.3 is 0 Å². The van der Waals surface area contributed by atoms with E-state index in [1.54, 1.807) is 0 Å². The van der Waals surface area contributed by atoms with Crippen LogP contribution in [-0.2, 0) is 0 Å². The van der Waals surface area contributed by atoms with Gasteiger partial charge in [0.15, 0.2) is 0 Å². The van der Waals surface area contributed by atoms with Crippen LogP contribution in [0.15, 0.2) is 0 Å². The van der Waals surface area contributed by atoms with Crippen molar-refractivity contribution in [2.24, 2.45) is 11.1 Å². The van der Waals surface area contributed by atoms with E-state index in [2.05, 4.69) is 27.7 Å². The van der Waals surface area contributed by atoms with E-state index in [1.165, 1.54) is 64.2 Å². The standard InChI is InChI=1S/C16H35N.BrH/c1-5-6-7-8-9-10-11-12-13-14-16(3,4)15(2)17;/h15H,5-14,17H2,1-4H3;1H. The van der Waals surface area contributed by atoms with Crippen LogP contribution in [-0.4, -0.2) is 6.04 Å². The lowest BCUT2D eigenvalue weighted by Crippen LogP contribution is -2.34. The summed E-state index contributed by atoms with van der Waals surface area (Å²) in [5, 5.41) is 0. The first kappa shape index (κ1) is 20.8. The molecule has 0 aliphatic rings. The van der Waals surface area contributed by atoms with Crippen LogP contribution in [0.1, 0.15) is 91.9 Å². The van der Waals surface area contributed by atoms with Gasteiger partial charge in [0, 0.05) is 6.04 Å². The molecule has 112 valence electrons. The van der Waals surface area contributed by atoms with E-state index in [4.69, 9.17) is 5.73 Å². The SMILES string of the molecule is Br.CCCCCCCCCCCC(C)(C)C(C)N. The first-order valence-corrected chi connectivity index (χ1v) is 7.76. The molecule has 0 aromatic rings. The third-order valence-corrected chi connectivity index (χ3v) is 4.16. The van der Waals surface area contributed by atoms with Gasteiger partial charge in [-0.1, -0.05) is 78.6 Å². The zero-order valence-corrected chi connectivity index (χ0v) is 14.8. The molecule has 0 bridgehead atoms. The van der Waals surface area contributed by atoms with Gasteiger partial charge in [0.2, 0.25) is 0 Å². The van der Waals surface area contributed by atoms with E-state index in [9.17, 15) is 0 Å². The Kier molecular flexibility index (Phi) is 14.4. The van der Waals surface area contributed by atoms with E-state index >= 15 is 0 Å². The number of unbranched alkanes of at least 4 members (excludes halogenated alkanes) is 8. The quantitative estimate of drug-likeness (QED) is 0.474. The van der Waals surface area contributed by atoms with Crippen LogP contribution in [0.5, 0.6) is 0 Å². The number of nitrogens with two attached hydrogens (primary N) is 1. The second-order valence-electron chi connectivity index (χ2n) is 6.36. The fourth-order valence-corrected chi connectivity index (χ4v) is 2.12. The first-order valence-electron chi connectivity index (χ1n) is 7.76. The molecule has 1 atom stereocenters. The second kappa shape index (κ2) is 12.5. The molecule has 1 unspecified atom stereocenters. The van der Waals surface area contributed by atoms with Crippen LogP contribution in [0.4, 0.5) is 0 Å². The fourth-order valence-electron chi connectivity index (χ4n) is 2.12. The van der Waals surface area contributed by atoms with Gasteiger partial charge in [0.1, 0.15) is 0 Å². The lowest BCUT2D eigenvalue weighted by atomic mass is 9.81. The molecule has 0 radical (unpaired) electrons. The average Bonchev–Trinajstić information content (AvgIpc) is 2.26. The predicted molar refractivity (Wildman–Crippen MR) is 89.6 cm³/mol. The number of halogens is 1. The molecule has 0 spiro atoms. The molecule has 1 nitrogen and oxygen atoms in total. The van der Waals surface area contributed by atoms with Crippen LogP contribution in [0.3, 0.4) is 0 Å². The summed E-state index contributed by atoms with van der Waals surface area (Å²) in [7, 11) is 0. The average molecular weight is 322 g/mol. The van der Waals surface area contributed by atoms with Crippen LogP contribution in [0.2, 0.25) is 0 Å². The molecule has 0 aromatic carbocycles. The van der Waals surface area contributed by atoms with Crippen molar-refractivity contribution < 1.29 is 0 Å². The topological polar surface area (TPSA) is 26.0 Å². The highest BCUT2D eigenvalue weighted by Gasteiger charge is 2.21. The van der Waals surface area contributed by atoms with Crippen LogP contribution in [0, 0.1) is 5.41 Å². The summed E-state index contributed by atoms with van der Waals surface area (Å²) in [6.45, 7) is 9.00. The van der Waals surface area contributed by atoms with Crippen molar-refractivity contribution in [2.45, 2.75) is 97.9 Å². The molecular weight excluding hydrogens is 286 g/mol. The zero-order valence-electron chi connectivity index (χ0n) is 13.1. The molecule has 0 saturated carbocycles. The van der Waals surface area contributed by atoms with Crippen molar-refractivity contribution in [3.63, 3.8) is 0 Å². The Morgan fingerprint density at radius 3 is 1.61 bits per heavy atom. The summed E-state index contributed by atoms with van der Waals surface area (Å²) in [6.07, 6.45) is 14.0. The number of hydrogen-bond donors (Lipinski definition) is 1. The number of rotatable bonds is 11. The zero-order chi connectivity index (χ0) is 13.1. The summed E-state index contributed by atoms with van der Waals surface area (Å²) in [5.74, 6) is 0. The molecule has 0 fully saturated rings. The maximum atomic E-state index is 5.98. The van der Waals surface area contributed by atoms with E-state index in [-0.39, 0.29) is 17.0 Å². The van der Waals surface area contributed by atoms with Gasteiger partial charge in [0.05, 0.1) is 0 Å². The molecule has 0 aliphatic carbocycles. The lowest BCUT2D eigenvalue weighted by molar-refractivity contribution is 0.266. The highest BCUT2D eigenvalue weighted by Crippen LogP contribution is 2.26. The van der Waals surface area contributed by atoms with Crippen LogP contribution >= 0.6 is 17.0 Å². The van der Waals surface area contributed by atoms with Gasteiger partial charge in [-0.3, -0.25) is 0 Å². The Balaban J connectivity index is 0. The summed E-state index contributed by atoms with van der Waals surface area (Å²) in [5.41, 5.74) is 6.30. The predicted octanol–water partition coefficient (Wildman–Crippen LogP) is 5.86. The third-order valence-electron chi connectivity index (χ3n) is 4.16. The van der Waals surface area contributed by atoms with Crippen molar-refractivity contribution in [1.82, 2.24) is 0 Å². The van der Waals surface area contributed by atoms with E-state index in [1.807, 2.05) is 0 Å². The third kappa shape index (κ3) is 11.5. The Morgan fingerprint density at radius 2 is 1.22 bits per heavy atom. The fraction of sp³-hybridized carbons (Fsp3) is 1.00. The van der Waals surface area contributed by atoms with Gasteiger partial charge in [-0.05, 0) is 18.8 Å². The van der Waals surface area contributed by atoms with Crippen LogP contribution in [0.25, 0.3) is 0 Å². The van der Waals surface area contributed by atoms with E-state index in [0.29, 0.717) is 11.5 Å². The highest BCUT2D eigenvalue weighted by molar-refractivity contribution is 8.93. The van der Waals surface area contributed by atoms with Crippen LogP contribution < -0.4 is 5.73 Å². The summed E-state index contributed by atoms with van der Waals surface area (Å²) < 4.78 is 0. The van der Waals surface area contributed by atoms with Crippen molar-refractivity contribution in [1.29, 1.82) is 0 Å². The van der Waals surface area contributed by atoms with Crippen molar-refractivity contribution in [3.05, 3.63) is 0 Å². The van der Waals surface area contributed by atoms with Crippen molar-refractivity contribution in [3.8, 4) is 0 Å². The van der Waals surface area contributed by atoms with E-state index in [0.717, 1.165) is 0 Å². The molecule has 18 heavy (non-hydrogen) atoms. The highest BCUT2D eigenvalue weighted by atomic mass is 79.9. The normalized spacial score (nSPS) is 13.2. The molecule has 0 aliphatic heterocycles. The summed E-state index contributed by atoms with van der Waals surface area (Å²) in [6, 6.07) is 0.316. The maximum Gasteiger partial charge on any atom is 0.00617 e. The minimum Gasteiger partial charge on any atom is -0.327 e. The van der Waals surface area contributed by atoms with Crippen molar-refractivity contribution >= 4 is 17.0 Å². The Morgan fingerprint density at radius 1 is 0.833 bits per heavy atom. The molecule has 0 rings (SSSR count). The molecule has 2 N–H and O–H groups in total. The molecule has 0 amide bonds. The Bertz CT molecular complexity index is 166. The van der Waals surface area contributed by atoms with E-state index < -0.39 is 0 Å². The van der Waals surface area contributed by atoms with Gasteiger partial charge in [-0.2, -0.15) is 0 Å². The minimum atomic E-state index is 0. The summed E-state index contributed by atoms with van der Waals surface area (Å²) in [4.78, 5) is 0. The molecule has 0 saturated heterocycles. The Hall–Kier alpha value is 0.440. The molecule has 2 heteroatoms. The van der Waals surface area contributed by atoms with Gasteiger partial charge in [0.25, 0.3) is 0 Å². The monoisotopic (exact) mass is 321 g/mol. The molecule has 0 aromatic heterocycles. The van der Waals surface area contributed by atoms with Gasteiger partial charge < -0.3 is 5.73 Å². The van der Waals surface area contributed by atoms with Gasteiger partial charge in [-0.25, -0.2) is 0 Å². The molecule has 0 heterocycles. The molecular formula is C16H36BrN. The summed E-state index contributed by atoms with van der Waals surface area (Å²) >= 11 is 0. The van der Waals surface area contributed by atoms with Crippen molar-refractivity contribution in [2.75, 3.05) is 0 Å². The largest absolute Gasteiger partial charge is 0.327 e. The maximum absolute atomic E-state index is 5.98. The Labute approximate surface area is 126 Å². The van der Waals surface area contributed by atoms with Gasteiger partial charge in [-0.15, -0.1) is 17.0 Å². The number of hydrogen-bond acceptors (Lipinski definition) is 1. The first-order chi connectivity index (χ1) is 8.00. The minimum absolute atomic E-state index is 0. The second-order valence-corrected chi connectivity index (χ2v) is 6.36. The lowest BCUT2D eigenvalue weighted by Gasteiger charge is -2.28. The smallest absolute Gasteiger partial charge is 0.00617 e.